The third-order valence-electron chi connectivity index (χ3n) is 6.47. The number of fused-ring (bicyclic) bond motifs is 3. The predicted molar refractivity (Wildman–Crippen MR) is 137 cm³/mol. The van der Waals surface area contributed by atoms with Crippen LogP contribution in [-0.2, 0) is 14.3 Å². The summed E-state index contributed by atoms with van der Waals surface area (Å²) < 4.78 is 27.2. The summed E-state index contributed by atoms with van der Waals surface area (Å²) in [6.45, 7) is -0.471. The highest BCUT2D eigenvalue weighted by molar-refractivity contribution is 5.94. The van der Waals surface area contributed by atoms with E-state index >= 15 is 0 Å². The Morgan fingerprint density at radius 1 is 1.00 bits per heavy atom. The van der Waals surface area contributed by atoms with Crippen LogP contribution in [0.15, 0.2) is 51.7 Å². The van der Waals surface area contributed by atoms with Crippen molar-refractivity contribution in [2.75, 3.05) is 20.8 Å². The van der Waals surface area contributed by atoms with Crippen LogP contribution in [0.3, 0.4) is 0 Å². The lowest BCUT2D eigenvalue weighted by atomic mass is 9.84. The van der Waals surface area contributed by atoms with Crippen molar-refractivity contribution in [2.24, 2.45) is 0 Å². The molecule has 0 amide bonds. The Kier molecular flexibility index (Phi) is 6.59. The Bertz CT molecular complexity index is 1740. The molecule has 1 aliphatic heterocycles. The molecule has 1 aromatic heterocycles. The number of phenols is 3. The van der Waals surface area contributed by atoms with E-state index in [9.17, 15) is 34.8 Å². The first-order valence-electron chi connectivity index (χ1n) is 11.8. The van der Waals surface area contributed by atoms with Crippen LogP contribution in [0.4, 0.5) is 0 Å². The molecule has 12 heteroatoms. The molecule has 0 saturated carbocycles. The van der Waals surface area contributed by atoms with Gasteiger partial charge in [-0.3, -0.25) is 9.59 Å². The molecule has 0 bridgehead atoms. The Morgan fingerprint density at radius 3 is 2.48 bits per heavy atom. The summed E-state index contributed by atoms with van der Waals surface area (Å²) in [4.78, 5) is 37.8. The number of methoxy groups -OCH3 is 2. The summed E-state index contributed by atoms with van der Waals surface area (Å²) in [7, 11) is 2.59. The first-order chi connectivity index (χ1) is 19.1. The van der Waals surface area contributed by atoms with Crippen LogP contribution in [0.1, 0.15) is 23.5 Å². The van der Waals surface area contributed by atoms with Crippen molar-refractivity contribution in [3.8, 4) is 51.6 Å². The van der Waals surface area contributed by atoms with Crippen molar-refractivity contribution in [1.82, 2.24) is 0 Å². The van der Waals surface area contributed by atoms with E-state index in [4.69, 9.17) is 18.6 Å². The molecule has 2 heterocycles. The van der Waals surface area contributed by atoms with E-state index in [1.54, 1.807) is 18.2 Å². The largest absolute Gasteiger partial charge is 0.507 e. The van der Waals surface area contributed by atoms with Crippen molar-refractivity contribution < 1.29 is 53.4 Å². The molecule has 0 aliphatic carbocycles. The molecule has 4 aromatic rings. The minimum absolute atomic E-state index is 0.0386. The number of esters is 2. The summed E-state index contributed by atoms with van der Waals surface area (Å²) in [5.41, 5.74) is -0.624. The lowest BCUT2D eigenvalue weighted by Gasteiger charge is -2.28. The average Bonchev–Trinajstić information content (AvgIpc) is 2.93. The molecular formula is C28H22O12. The zero-order valence-electron chi connectivity index (χ0n) is 21.1. The molecule has 5 rings (SSSR count). The van der Waals surface area contributed by atoms with Gasteiger partial charge in [0.2, 0.25) is 11.2 Å². The van der Waals surface area contributed by atoms with E-state index in [1.807, 2.05) is 0 Å². The first kappa shape index (κ1) is 26.2. The summed E-state index contributed by atoms with van der Waals surface area (Å²) in [5, 5.41) is 40.7. The summed E-state index contributed by atoms with van der Waals surface area (Å²) in [6, 6.07) is 9.42. The van der Waals surface area contributed by atoms with E-state index in [-0.39, 0.29) is 51.5 Å². The van der Waals surface area contributed by atoms with E-state index in [1.165, 1.54) is 20.3 Å². The van der Waals surface area contributed by atoms with Gasteiger partial charge in [-0.25, -0.2) is 4.79 Å². The fourth-order valence-corrected chi connectivity index (χ4v) is 4.62. The van der Waals surface area contributed by atoms with Gasteiger partial charge in [-0.05, 0) is 24.3 Å². The van der Waals surface area contributed by atoms with Crippen LogP contribution in [0.5, 0.6) is 40.2 Å². The monoisotopic (exact) mass is 550 g/mol. The Labute approximate surface area is 225 Å². The number of para-hydroxylation sites is 1. The maximum Gasteiger partial charge on any atom is 0.343 e. The van der Waals surface area contributed by atoms with Crippen LogP contribution < -0.4 is 19.6 Å². The highest BCUT2D eigenvalue weighted by atomic mass is 16.6. The fourth-order valence-electron chi connectivity index (χ4n) is 4.62. The van der Waals surface area contributed by atoms with Gasteiger partial charge in [0, 0.05) is 28.7 Å². The molecule has 12 nitrogen and oxygen atoms in total. The van der Waals surface area contributed by atoms with E-state index in [0.717, 1.165) is 18.2 Å². The molecule has 1 unspecified atom stereocenters. The van der Waals surface area contributed by atoms with Gasteiger partial charge in [-0.15, -0.1) is 0 Å². The maximum absolute atomic E-state index is 13.3. The standard InChI is InChI=1S/C28H22O12/c1-36-18-5-3-4-13(27(18)38-11-21(33)37-2)14-9-20(32)39-19-10-17(31)23-24(34)25(35)26(40-28(23)22(14)19)12-6-7-15(29)16(30)8-12/h3-8,10,14,29-31,35H,9,11H2,1-2H3. The fraction of sp³-hybridized carbons (Fsp3) is 0.179. The van der Waals surface area contributed by atoms with Gasteiger partial charge < -0.3 is 43.8 Å². The second kappa shape index (κ2) is 10.1. The molecule has 1 aliphatic rings. The van der Waals surface area contributed by atoms with Gasteiger partial charge in [0.15, 0.2) is 35.4 Å². The third kappa shape index (κ3) is 4.34. The normalized spacial score (nSPS) is 14.3. The molecule has 0 saturated heterocycles. The molecule has 0 fully saturated rings. The van der Waals surface area contributed by atoms with Crippen molar-refractivity contribution in [3.63, 3.8) is 0 Å². The number of carbonyl (C=O) groups excluding carboxylic acids is 2. The second-order valence-corrected chi connectivity index (χ2v) is 8.80. The number of hydrogen-bond donors (Lipinski definition) is 4. The van der Waals surface area contributed by atoms with Gasteiger partial charge in [-0.2, -0.15) is 0 Å². The molecule has 40 heavy (non-hydrogen) atoms. The molecule has 206 valence electrons. The third-order valence-corrected chi connectivity index (χ3v) is 6.47. The van der Waals surface area contributed by atoms with Gasteiger partial charge in [-0.1, -0.05) is 12.1 Å². The minimum atomic E-state index is -0.993. The molecule has 0 radical (unpaired) electrons. The van der Waals surface area contributed by atoms with Gasteiger partial charge >= 0.3 is 11.9 Å². The minimum Gasteiger partial charge on any atom is -0.507 e. The number of aromatic hydroxyl groups is 4. The summed E-state index contributed by atoms with van der Waals surface area (Å²) >= 11 is 0. The second-order valence-electron chi connectivity index (χ2n) is 8.80. The molecule has 3 aromatic carbocycles. The average molecular weight is 550 g/mol. The lowest BCUT2D eigenvalue weighted by molar-refractivity contribution is -0.143. The van der Waals surface area contributed by atoms with E-state index in [0.29, 0.717) is 5.56 Å². The molecule has 0 spiro atoms. The summed E-state index contributed by atoms with van der Waals surface area (Å²) in [6.07, 6.45) is -0.255. The van der Waals surface area contributed by atoms with Crippen molar-refractivity contribution in [3.05, 3.63) is 63.8 Å². The predicted octanol–water partition coefficient (Wildman–Crippen LogP) is 3.28. The number of ether oxygens (including phenoxy) is 4. The molecule has 4 N–H and O–H groups in total. The zero-order valence-corrected chi connectivity index (χ0v) is 21.1. The van der Waals surface area contributed by atoms with Crippen LogP contribution in [0, 0.1) is 0 Å². The number of carbonyl (C=O) groups is 2. The highest BCUT2D eigenvalue weighted by Gasteiger charge is 2.36. The SMILES string of the molecule is COC(=O)COc1c(OC)cccc1C1CC(=O)Oc2cc(O)c3c(=O)c(O)c(-c4ccc(O)c(O)c4)oc3c21. The molecular weight excluding hydrogens is 528 g/mol. The van der Waals surface area contributed by atoms with Crippen molar-refractivity contribution >= 4 is 22.9 Å². The van der Waals surface area contributed by atoms with Crippen molar-refractivity contribution in [1.29, 1.82) is 0 Å². The summed E-state index contributed by atoms with van der Waals surface area (Å²) in [5.74, 6) is -4.79. The zero-order chi connectivity index (χ0) is 28.7. The van der Waals surface area contributed by atoms with E-state index in [2.05, 4.69) is 4.74 Å². The Morgan fingerprint density at radius 2 is 1.77 bits per heavy atom. The van der Waals surface area contributed by atoms with Gasteiger partial charge in [0.05, 0.1) is 20.6 Å². The lowest BCUT2D eigenvalue weighted by Crippen LogP contribution is -2.23. The first-order valence-corrected chi connectivity index (χ1v) is 11.8. The number of hydrogen-bond acceptors (Lipinski definition) is 12. The van der Waals surface area contributed by atoms with Crippen LogP contribution in [0.2, 0.25) is 0 Å². The quantitative estimate of drug-likeness (QED) is 0.156. The Hall–Kier alpha value is -5.39. The Balaban J connectivity index is 1.80. The van der Waals surface area contributed by atoms with Gasteiger partial charge in [0.1, 0.15) is 22.5 Å². The number of benzene rings is 3. The highest BCUT2D eigenvalue weighted by Crippen LogP contribution is 2.50. The maximum atomic E-state index is 13.3. The van der Waals surface area contributed by atoms with Crippen LogP contribution in [0.25, 0.3) is 22.3 Å². The number of rotatable bonds is 6. The van der Waals surface area contributed by atoms with Crippen molar-refractivity contribution in [2.45, 2.75) is 12.3 Å². The van der Waals surface area contributed by atoms with E-state index < -0.39 is 52.9 Å². The number of phenolic OH excluding ortho intramolecular Hbond substituents is 3. The van der Waals surface area contributed by atoms with Crippen LogP contribution in [-0.4, -0.2) is 53.2 Å². The molecule has 1 atom stereocenters. The topological polar surface area (TPSA) is 182 Å². The smallest absolute Gasteiger partial charge is 0.343 e. The van der Waals surface area contributed by atoms with Gasteiger partial charge in [0.25, 0.3) is 0 Å². The van der Waals surface area contributed by atoms with Crippen LogP contribution >= 0.6 is 0 Å².